The molecule has 0 aliphatic heterocycles. The van der Waals surface area contributed by atoms with E-state index in [0.717, 1.165) is 0 Å². The van der Waals surface area contributed by atoms with E-state index in [1.807, 2.05) is 6.07 Å². The normalized spacial score (nSPS) is 26.3. The van der Waals surface area contributed by atoms with Crippen LogP contribution in [-0.2, 0) is 14.6 Å². The van der Waals surface area contributed by atoms with E-state index >= 15 is 0 Å². The van der Waals surface area contributed by atoms with E-state index in [9.17, 15) is 18.5 Å². The summed E-state index contributed by atoms with van der Waals surface area (Å²) in [6.07, 6.45) is 0.461. The Morgan fingerprint density at radius 1 is 1.09 bits per heavy atom. The van der Waals surface area contributed by atoms with Crippen LogP contribution in [0.1, 0.15) is 11.5 Å². The van der Waals surface area contributed by atoms with Gasteiger partial charge in [0.2, 0.25) is 0 Å². The predicted octanol–water partition coefficient (Wildman–Crippen LogP) is 2.99. The molecule has 1 aliphatic carbocycles. The highest BCUT2D eigenvalue weighted by atomic mass is 35.5. The quantitative estimate of drug-likeness (QED) is 0.798. The minimum atomic E-state index is -3.82. The summed E-state index contributed by atoms with van der Waals surface area (Å²) in [4.78, 5) is 11.6. The van der Waals surface area contributed by atoms with Crippen molar-refractivity contribution < 1.29 is 13.2 Å². The van der Waals surface area contributed by atoms with Gasteiger partial charge in [0.25, 0.3) is 0 Å². The average Bonchev–Trinajstić information content (AvgIpc) is 3.27. The molecular formula is C17H12ClNO3S. The molecule has 3 atom stereocenters. The van der Waals surface area contributed by atoms with Crippen LogP contribution in [0.15, 0.2) is 59.5 Å². The summed E-state index contributed by atoms with van der Waals surface area (Å²) in [5.41, 5.74) is -0.872. The van der Waals surface area contributed by atoms with E-state index in [-0.39, 0.29) is 4.90 Å². The number of aldehydes is 1. The van der Waals surface area contributed by atoms with Crippen LogP contribution in [0.4, 0.5) is 0 Å². The zero-order chi connectivity index (χ0) is 16.7. The Morgan fingerprint density at radius 3 is 2.22 bits per heavy atom. The lowest BCUT2D eigenvalue weighted by molar-refractivity contribution is -0.110. The molecule has 2 aromatic rings. The number of carbonyl (C=O) groups excluding carboxylic acids is 1. The van der Waals surface area contributed by atoms with E-state index in [4.69, 9.17) is 11.6 Å². The largest absolute Gasteiger partial charge is 0.302 e. The summed E-state index contributed by atoms with van der Waals surface area (Å²) < 4.78 is 25.7. The molecule has 3 rings (SSSR count). The van der Waals surface area contributed by atoms with Crippen LogP contribution in [0.3, 0.4) is 0 Å². The molecule has 1 saturated carbocycles. The monoisotopic (exact) mass is 345 g/mol. The van der Waals surface area contributed by atoms with Crippen molar-refractivity contribution in [2.45, 2.75) is 16.1 Å². The Morgan fingerprint density at radius 2 is 1.70 bits per heavy atom. The topological polar surface area (TPSA) is 75.0 Å². The first-order chi connectivity index (χ1) is 11.0. The third kappa shape index (κ3) is 2.35. The van der Waals surface area contributed by atoms with Gasteiger partial charge in [-0.15, -0.1) is 0 Å². The lowest BCUT2D eigenvalue weighted by atomic mass is 10.0. The van der Waals surface area contributed by atoms with Crippen LogP contribution in [0.2, 0.25) is 5.02 Å². The van der Waals surface area contributed by atoms with Crippen molar-refractivity contribution in [3.05, 3.63) is 65.2 Å². The maximum absolute atomic E-state index is 12.9. The Balaban J connectivity index is 2.09. The first-order valence-electron chi connectivity index (χ1n) is 6.89. The number of sulfone groups is 1. The molecule has 0 spiro atoms. The third-order valence-electron chi connectivity index (χ3n) is 4.20. The van der Waals surface area contributed by atoms with Crippen LogP contribution in [0.25, 0.3) is 0 Å². The van der Waals surface area contributed by atoms with Gasteiger partial charge in [0.15, 0.2) is 9.84 Å². The van der Waals surface area contributed by atoms with E-state index in [2.05, 4.69) is 0 Å². The predicted molar refractivity (Wildman–Crippen MR) is 85.7 cm³/mol. The van der Waals surface area contributed by atoms with Crippen LogP contribution in [0, 0.1) is 16.7 Å². The van der Waals surface area contributed by atoms with Gasteiger partial charge in [-0.05, 0) is 29.8 Å². The number of halogens is 1. The maximum atomic E-state index is 12.9. The molecule has 4 nitrogen and oxygen atoms in total. The van der Waals surface area contributed by atoms with Crippen LogP contribution in [0.5, 0.6) is 0 Å². The molecule has 2 aromatic carbocycles. The zero-order valence-electron chi connectivity index (χ0n) is 11.9. The Labute approximate surface area is 139 Å². The molecule has 6 heteroatoms. The third-order valence-corrected chi connectivity index (χ3v) is 6.71. The second-order valence-corrected chi connectivity index (χ2v) is 7.98. The summed E-state index contributed by atoms with van der Waals surface area (Å²) in [6.45, 7) is 0. The summed E-state index contributed by atoms with van der Waals surface area (Å²) in [6, 6.07) is 16.4. The minimum Gasteiger partial charge on any atom is -0.302 e. The molecule has 0 amide bonds. The van der Waals surface area contributed by atoms with Crippen molar-refractivity contribution >= 4 is 27.7 Å². The van der Waals surface area contributed by atoms with Gasteiger partial charge in [-0.3, -0.25) is 0 Å². The lowest BCUT2D eigenvalue weighted by Gasteiger charge is -2.04. The van der Waals surface area contributed by atoms with Gasteiger partial charge >= 0.3 is 0 Å². The molecule has 0 N–H and O–H groups in total. The maximum Gasteiger partial charge on any atom is 0.183 e. The van der Waals surface area contributed by atoms with E-state index in [1.165, 1.54) is 24.3 Å². The average molecular weight is 346 g/mol. The molecule has 116 valence electrons. The number of carbonyl (C=O) groups is 1. The fraction of sp³-hybridized carbons (Fsp3) is 0.176. The van der Waals surface area contributed by atoms with Gasteiger partial charge < -0.3 is 4.79 Å². The molecule has 1 fully saturated rings. The van der Waals surface area contributed by atoms with Crippen LogP contribution in [-0.4, -0.2) is 20.0 Å². The van der Waals surface area contributed by atoms with Crippen molar-refractivity contribution in [2.75, 3.05) is 0 Å². The summed E-state index contributed by atoms with van der Waals surface area (Å²) in [5, 5.41) is 8.78. The van der Waals surface area contributed by atoms with E-state index in [1.54, 1.807) is 30.3 Å². The van der Waals surface area contributed by atoms with Crippen molar-refractivity contribution in [2.24, 2.45) is 5.41 Å². The second kappa shape index (κ2) is 5.48. The number of nitriles is 1. The highest BCUT2D eigenvalue weighted by molar-refractivity contribution is 7.92. The highest BCUT2D eigenvalue weighted by Gasteiger charge is 2.72. The molecular weight excluding hydrogens is 334 g/mol. The van der Waals surface area contributed by atoms with Gasteiger partial charge in [0.05, 0.1) is 11.0 Å². The molecule has 0 saturated heterocycles. The Kier molecular flexibility index (Phi) is 3.75. The second-order valence-electron chi connectivity index (χ2n) is 5.47. The molecule has 1 aliphatic rings. The van der Waals surface area contributed by atoms with E-state index in [0.29, 0.717) is 16.9 Å². The van der Waals surface area contributed by atoms with Gasteiger partial charge in [0.1, 0.15) is 17.0 Å². The standard InChI is InChI=1S/C17H12ClNO3S/c18-13-6-8-14(9-7-13)23(21,22)16-15(17(16,10-19)11-20)12-4-2-1-3-5-12/h1-9,11,15-16H/t15-,16-,17-/m0/s1. The lowest BCUT2D eigenvalue weighted by Crippen LogP contribution is -2.16. The van der Waals surface area contributed by atoms with Gasteiger partial charge in [-0.25, -0.2) is 8.42 Å². The van der Waals surface area contributed by atoms with Crippen molar-refractivity contribution in [1.82, 2.24) is 0 Å². The number of hydrogen-bond acceptors (Lipinski definition) is 4. The Bertz CT molecular complexity index is 888. The Hall–Kier alpha value is -2.16. The minimum absolute atomic E-state index is 0.0619. The molecule has 0 bridgehead atoms. The number of nitrogens with zero attached hydrogens (tertiary/aromatic N) is 1. The molecule has 0 aromatic heterocycles. The van der Waals surface area contributed by atoms with Gasteiger partial charge in [-0.2, -0.15) is 5.26 Å². The summed E-state index contributed by atoms with van der Waals surface area (Å²) in [5.74, 6) is -0.660. The zero-order valence-corrected chi connectivity index (χ0v) is 13.5. The highest BCUT2D eigenvalue weighted by Crippen LogP contribution is 2.62. The SMILES string of the molecule is N#C[C@]1(C=O)[C@@H](c2ccccc2)[C@@H]1S(=O)(=O)c1ccc(Cl)cc1. The first-order valence-corrected chi connectivity index (χ1v) is 8.82. The first kappa shape index (κ1) is 15.7. The molecule has 0 heterocycles. The molecule has 0 radical (unpaired) electrons. The fourth-order valence-electron chi connectivity index (χ4n) is 2.99. The van der Waals surface area contributed by atoms with Crippen LogP contribution >= 0.6 is 11.6 Å². The van der Waals surface area contributed by atoms with Gasteiger partial charge in [0, 0.05) is 10.9 Å². The van der Waals surface area contributed by atoms with Crippen LogP contribution < -0.4 is 0 Å². The van der Waals surface area contributed by atoms with Crippen molar-refractivity contribution in [3.63, 3.8) is 0 Å². The van der Waals surface area contributed by atoms with Gasteiger partial charge in [-0.1, -0.05) is 41.9 Å². The fourth-order valence-corrected chi connectivity index (χ4v) is 5.36. The summed E-state index contributed by atoms with van der Waals surface area (Å²) in [7, 11) is -3.82. The summed E-state index contributed by atoms with van der Waals surface area (Å²) >= 11 is 5.79. The molecule has 0 unspecified atom stereocenters. The van der Waals surface area contributed by atoms with Crippen molar-refractivity contribution in [3.8, 4) is 6.07 Å². The van der Waals surface area contributed by atoms with E-state index < -0.39 is 26.4 Å². The number of rotatable bonds is 4. The number of benzene rings is 2. The molecule has 23 heavy (non-hydrogen) atoms. The van der Waals surface area contributed by atoms with Crippen molar-refractivity contribution in [1.29, 1.82) is 5.26 Å². The number of hydrogen-bond donors (Lipinski definition) is 0. The smallest absolute Gasteiger partial charge is 0.183 e.